The van der Waals surface area contributed by atoms with Gasteiger partial charge < -0.3 is 15.8 Å². The summed E-state index contributed by atoms with van der Waals surface area (Å²) in [6.45, 7) is 7.34. The van der Waals surface area contributed by atoms with Gasteiger partial charge in [-0.1, -0.05) is 6.07 Å². The molecule has 2 amide bonds. The van der Waals surface area contributed by atoms with E-state index in [9.17, 15) is 14.4 Å². The number of esters is 1. The molecule has 0 atom stereocenters. The summed E-state index contributed by atoms with van der Waals surface area (Å²) in [5.41, 5.74) is 8.45. The molecule has 0 aliphatic heterocycles. The Morgan fingerprint density at radius 1 is 1.16 bits per heavy atom. The molecule has 0 aliphatic rings. The van der Waals surface area contributed by atoms with Crippen LogP contribution in [0.25, 0.3) is 0 Å². The molecular formula is C18H20N2O4S. The van der Waals surface area contributed by atoms with Gasteiger partial charge in [-0.05, 0) is 56.5 Å². The Kier molecular flexibility index (Phi) is 5.58. The van der Waals surface area contributed by atoms with Crippen molar-refractivity contribution in [1.82, 2.24) is 0 Å². The smallest absolute Gasteiger partial charge is 0.341 e. The number of primary amides is 1. The first-order chi connectivity index (χ1) is 11.8. The van der Waals surface area contributed by atoms with E-state index in [2.05, 4.69) is 5.32 Å². The number of hydrogen-bond donors (Lipinski definition) is 2. The van der Waals surface area contributed by atoms with Crippen LogP contribution in [0.2, 0.25) is 0 Å². The third kappa shape index (κ3) is 3.88. The minimum atomic E-state index is -0.653. The minimum Gasteiger partial charge on any atom is -0.462 e. The van der Waals surface area contributed by atoms with Gasteiger partial charge in [0, 0.05) is 5.56 Å². The maximum atomic E-state index is 12.5. The van der Waals surface area contributed by atoms with Crippen LogP contribution in [0.4, 0.5) is 5.00 Å². The summed E-state index contributed by atoms with van der Waals surface area (Å²) in [4.78, 5) is 36.5. The van der Waals surface area contributed by atoms with E-state index in [0.717, 1.165) is 22.5 Å². The lowest BCUT2D eigenvalue weighted by Crippen LogP contribution is -2.15. The SMILES string of the molecule is CCOC(=O)c1c(NC(=O)c2ccc(C)c(C)c2)sc(C(N)=O)c1C. The zero-order valence-corrected chi connectivity index (χ0v) is 15.4. The van der Waals surface area contributed by atoms with Crippen molar-refractivity contribution in [2.75, 3.05) is 11.9 Å². The van der Waals surface area contributed by atoms with Crippen molar-refractivity contribution in [1.29, 1.82) is 0 Å². The highest BCUT2D eigenvalue weighted by atomic mass is 32.1. The van der Waals surface area contributed by atoms with E-state index >= 15 is 0 Å². The summed E-state index contributed by atoms with van der Waals surface area (Å²) in [5, 5.41) is 2.96. The standard InChI is InChI=1S/C18H20N2O4S/c1-5-24-18(23)13-11(4)14(15(19)21)25-17(13)20-16(22)12-7-6-9(2)10(3)8-12/h6-8H,5H2,1-4H3,(H2,19,21)(H,20,22). The van der Waals surface area contributed by atoms with E-state index in [4.69, 9.17) is 10.5 Å². The van der Waals surface area contributed by atoms with Gasteiger partial charge in [0.2, 0.25) is 0 Å². The normalized spacial score (nSPS) is 10.4. The van der Waals surface area contributed by atoms with Crippen LogP contribution < -0.4 is 11.1 Å². The number of carbonyl (C=O) groups is 3. The number of carbonyl (C=O) groups excluding carboxylic acids is 3. The van der Waals surface area contributed by atoms with Crippen molar-refractivity contribution in [2.24, 2.45) is 5.73 Å². The summed E-state index contributed by atoms with van der Waals surface area (Å²) < 4.78 is 5.03. The molecule has 25 heavy (non-hydrogen) atoms. The third-order valence-corrected chi connectivity index (χ3v) is 5.07. The zero-order chi connectivity index (χ0) is 18.7. The molecule has 7 heteroatoms. The van der Waals surface area contributed by atoms with Crippen LogP contribution >= 0.6 is 11.3 Å². The van der Waals surface area contributed by atoms with Gasteiger partial charge >= 0.3 is 5.97 Å². The monoisotopic (exact) mass is 360 g/mol. The number of hydrogen-bond acceptors (Lipinski definition) is 5. The van der Waals surface area contributed by atoms with Gasteiger partial charge in [-0.15, -0.1) is 11.3 Å². The maximum Gasteiger partial charge on any atom is 0.341 e. The van der Waals surface area contributed by atoms with E-state index in [-0.39, 0.29) is 28.0 Å². The molecule has 0 saturated heterocycles. The molecule has 1 aromatic carbocycles. The van der Waals surface area contributed by atoms with Gasteiger partial charge in [0.15, 0.2) is 0 Å². The Morgan fingerprint density at radius 2 is 1.84 bits per heavy atom. The van der Waals surface area contributed by atoms with Crippen molar-refractivity contribution in [3.05, 3.63) is 50.9 Å². The van der Waals surface area contributed by atoms with Crippen molar-refractivity contribution < 1.29 is 19.1 Å². The van der Waals surface area contributed by atoms with Crippen LogP contribution in [0.1, 0.15) is 54.0 Å². The number of aryl methyl sites for hydroxylation is 2. The Hall–Kier alpha value is -2.67. The van der Waals surface area contributed by atoms with Crippen LogP contribution in [-0.2, 0) is 4.74 Å². The molecule has 2 rings (SSSR count). The van der Waals surface area contributed by atoms with Gasteiger partial charge in [-0.2, -0.15) is 0 Å². The molecule has 0 saturated carbocycles. The van der Waals surface area contributed by atoms with Crippen molar-refractivity contribution >= 4 is 34.1 Å². The lowest BCUT2D eigenvalue weighted by molar-refractivity contribution is 0.0527. The number of ether oxygens (including phenoxy) is 1. The number of anilines is 1. The number of rotatable bonds is 5. The Morgan fingerprint density at radius 3 is 2.40 bits per heavy atom. The molecule has 0 fully saturated rings. The lowest BCUT2D eigenvalue weighted by Gasteiger charge is -2.08. The fourth-order valence-corrected chi connectivity index (χ4v) is 3.39. The van der Waals surface area contributed by atoms with E-state index in [0.29, 0.717) is 11.1 Å². The molecular weight excluding hydrogens is 340 g/mol. The van der Waals surface area contributed by atoms with Crippen molar-refractivity contribution in [3.8, 4) is 0 Å². The summed E-state index contributed by atoms with van der Waals surface area (Å²) in [7, 11) is 0. The molecule has 2 aromatic rings. The topological polar surface area (TPSA) is 98.5 Å². The molecule has 0 unspecified atom stereocenters. The second-order valence-corrected chi connectivity index (χ2v) is 6.62. The average molecular weight is 360 g/mol. The maximum absolute atomic E-state index is 12.5. The van der Waals surface area contributed by atoms with Gasteiger partial charge in [-0.3, -0.25) is 9.59 Å². The summed E-state index contributed by atoms with van der Waals surface area (Å²) in [6, 6.07) is 5.33. The second-order valence-electron chi connectivity index (χ2n) is 5.60. The summed E-state index contributed by atoms with van der Waals surface area (Å²) in [6.07, 6.45) is 0. The molecule has 0 bridgehead atoms. The molecule has 0 aliphatic carbocycles. The van der Waals surface area contributed by atoms with E-state index in [1.807, 2.05) is 19.9 Å². The van der Waals surface area contributed by atoms with Gasteiger partial charge in [-0.25, -0.2) is 4.79 Å². The Bertz CT molecular complexity index is 855. The van der Waals surface area contributed by atoms with Crippen LogP contribution in [0, 0.1) is 20.8 Å². The zero-order valence-electron chi connectivity index (χ0n) is 14.6. The minimum absolute atomic E-state index is 0.165. The first-order valence-corrected chi connectivity index (χ1v) is 8.56. The number of amides is 2. The van der Waals surface area contributed by atoms with Gasteiger partial charge in [0.05, 0.1) is 17.0 Å². The summed E-state index contributed by atoms with van der Waals surface area (Å²) in [5.74, 6) is -1.62. The molecule has 1 heterocycles. The number of nitrogens with two attached hydrogens (primary N) is 1. The molecule has 3 N–H and O–H groups in total. The molecule has 0 radical (unpaired) electrons. The number of nitrogens with one attached hydrogen (secondary N) is 1. The first kappa shape index (κ1) is 18.7. The van der Waals surface area contributed by atoms with E-state index in [1.165, 1.54) is 0 Å². The quantitative estimate of drug-likeness (QED) is 0.800. The van der Waals surface area contributed by atoms with Crippen LogP contribution in [0.3, 0.4) is 0 Å². The Labute approximate surface area is 150 Å². The lowest BCUT2D eigenvalue weighted by atomic mass is 10.1. The highest BCUT2D eigenvalue weighted by Gasteiger charge is 2.25. The molecule has 1 aromatic heterocycles. The highest BCUT2D eigenvalue weighted by molar-refractivity contribution is 7.18. The van der Waals surface area contributed by atoms with Gasteiger partial charge in [0.25, 0.3) is 11.8 Å². The van der Waals surface area contributed by atoms with E-state index in [1.54, 1.807) is 26.0 Å². The van der Waals surface area contributed by atoms with Gasteiger partial charge in [0.1, 0.15) is 5.00 Å². The van der Waals surface area contributed by atoms with Crippen LogP contribution in [-0.4, -0.2) is 24.4 Å². The van der Waals surface area contributed by atoms with Crippen molar-refractivity contribution in [2.45, 2.75) is 27.7 Å². The second kappa shape index (κ2) is 7.48. The predicted molar refractivity (Wildman–Crippen MR) is 97.4 cm³/mol. The van der Waals surface area contributed by atoms with Crippen molar-refractivity contribution in [3.63, 3.8) is 0 Å². The van der Waals surface area contributed by atoms with Crippen LogP contribution in [0.15, 0.2) is 18.2 Å². The number of benzene rings is 1. The predicted octanol–water partition coefficient (Wildman–Crippen LogP) is 3.20. The highest BCUT2D eigenvalue weighted by Crippen LogP contribution is 2.34. The fourth-order valence-electron chi connectivity index (χ4n) is 2.34. The Balaban J connectivity index is 2.41. The average Bonchev–Trinajstić information content (AvgIpc) is 2.86. The number of thiophene rings is 1. The molecule has 0 spiro atoms. The largest absolute Gasteiger partial charge is 0.462 e. The van der Waals surface area contributed by atoms with E-state index < -0.39 is 11.9 Å². The molecule has 132 valence electrons. The first-order valence-electron chi connectivity index (χ1n) is 7.75. The third-order valence-electron chi connectivity index (χ3n) is 3.85. The fraction of sp³-hybridized carbons (Fsp3) is 0.278. The van der Waals surface area contributed by atoms with Crippen LogP contribution in [0.5, 0.6) is 0 Å². The summed E-state index contributed by atoms with van der Waals surface area (Å²) >= 11 is 0.971. The molecule has 6 nitrogen and oxygen atoms in total.